The van der Waals surface area contributed by atoms with Crippen molar-refractivity contribution < 1.29 is 9.47 Å². The highest BCUT2D eigenvalue weighted by atomic mass is 16.5. The van der Waals surface area contributed by atoms with Gasteiger partial charge in [0.05, 0.1) is 32.1 Å². The van der Waals surface area contributed by atoms with Gasteiger partial charge in [0.1, 0.15) is 6.33 Å². The summed E-state index contributed by atoms with van der Waals surface area (Å²) in [6.45, 7) is 2.49. The molecule has 5 heteroatoms. The minimum absolute atomic E-state index is 0.590. The first-order valence-corrected chi connectivity index (χ1v) is 6.53. The first-order valence-electron chi connectivity index (χ1n) is 6.53. The van der Waals surface area contributed by atoms with Crippen LogP contribution in [0.1, 0.15) is 11.3 Å². The van der Waals surface area contributed by atoms with Crippen LogP contribution in [0.2, 0.25) is 0 Å². The Morgan fingerprint density at radius 2 is 2.15 bits per heavy atom. The van der Waals surface area contributed by atoms with Gasteiger partial charge < -0.3 is 14.8 Å². The largest absolute Gasteiger partial charge is 0.382 e. The molecule has 0 amide bonds. The van der Waals surface area contributed by atoms with E-state index in [-0.39, 0.29) is 0 Å². The van der Waals surface area contributed by atoms with Crippen LogP contribution in [0.15, 0.2) is 42.9 Å². The molecule has 0 radical (unpaired) electrons. The predicted octanol–water partition coefficient (Wildman–Crippen LogP) is 2.25. The SMILES string of the molecule is COCCOCc1cccc(NCc2ccncn2)c1. The molecule has 0 unspecified atom stereocenters. The first kappa shape index (κ1) is 14.4. The van der Waals surface area contributed by atoms with Gasteiger partial charge in [-0.1, -0.05) is 12.1 Å². The fourth-order valence-corrected chi connectivity index (χ4v) is 1.72. The van der Waals surface area contributed by atoms with Crippen LogP contribution in [0.3, 0.4) is 0 Å². The van der Waals surface area contributed by atoms with Gasteiger partial charge in [0, 0.05) is 19.0 Å². The van der Waals surface area contributed by atoms with Gasteiger partial charge in [-0.2, -0.15) is 0 Å². The molecule has 5 nitrogen and oxygen atoms in total. The third kappa shape index (κ3) is 4.95. The van der Waals surface area contributed by atoms with Crippen molar-refractivity contribution in [3.8, 4) is 0 Å². The molecule has 0 aliphatic rings. The topological polar surface area (TPSA) is 56.3 Å². The summed E-state index contributed by atoms with van der Waals surface area (Å²) in [5.74, 6) is 0. The van der Waals surface area contributed by atoms with E-state index in [9.17, 15) is 0 Å². The lowest BCUT2D eigenvalue weighted by atomic mass is 10.2. The number of nitrogens with zero attached hydrogens (tertiary/aromatic N) is 2. The molecular formula is C15H19N3O2. The molecule has 106 valence electrons. The summed E-state index contributed by atoms with van der Waals surface area (Å²) in [4.78, 5) is 8.07. The van der Waals surface area contributed by atoms with E-state index in [4.69, 9.17) is 9.47 Å². The van der Waals surface area contributed by atoms with Crippen LogP contribution >= 0.6 is 0 Å². The molecule has 0 bridgehead atoms. The Hall–Kier alpha value is -1.98. The maximum Gasteiger partial charge on any atom is 0.115 e. The van der Waals surface area contributed by atoms with E-state index in [0.29, 0.717) is 26.4 Å². The Morgan fingerprint density at radius 1 is 1.20 bits per heavy atom. The van der Waals surface area contributed by atoms with Crippen molar-refractivity contribution in [2.75, 3.05) is 25.6 Å². The molecule has 1 aromatic heterocycles. The molecule has 1 N–H and O–H groups in total. The average Bonchev–Trinajstić information content (AvgIpc) is 2.51. The number of methoxy groups -OCH3 is 1. The molecule has 0 spiro atoms. The quantitative estimate of drug-likeness (QED) is 0.748. The number of hydrogen-bond donors (Lipinski definition) is 1. The monoisotopic (exact) mass is 273 g/mol. The zero-order valence-electron chi connectivity index (χ0n) is 11.6. The lowest BCUT2D eigenvalue weighted by Crippen LogP contribution is -2.03. The summed E-state index contributed by atoms with van der Waals surface area (Å²) in [6, 6.07) is 10.1. The van der Waals surface area contributed by atoms with E-state index in [1.54, 1.807) is 19.6 Å². The summed E-state index contributed by atoms with van der Waals surface area (Å²) < 4.78 is 10.4. The van der Waals surface area contributed by atoms with E-state index in [1.165, 1.54) is 0 Å². The normalized spacial score (nSPS) is 10.4. The highest BCUT2D eigenvalue weighted by Crippen LogP contribution is 2.12. The lowest BCUT2D eigenvalue weighted by Gasteiger charge is -2.08. The van der Waals surface area contributed by atoms with Gasteiger partial charge in [0.2, 0.25) is 0 Å². The smallest absolute Gasteiger partial charge is 0.115 e. The third-order valence-corrected chi connectivity index (χ3v) is 2.74. The maximum absolute atomic E-state index is 5.50. The van der Waals surface area contributed by atoms with Gasteiger partial charge in [0.15, 0.2) is 0 Å². The molecule has 1 heterocycles. The van der Waals surface area contributed by atoms with Crippen molar-refractivity contribution in [1.29, 1.82) is 0 Å². The van der Waals surface area contributed by atoms with Crippen LogP contribution < -0.4 is 5.32 Å². The van der Waals surface area contributed by atoms with E-state index >= 15 is 0 Å². The van der Waals surface area contributed by atoms with Crippen LogP contribution in [-0.4, -0.2) is 30.3 Å². The van der Waals surface area contributed by atoms with Gasteiger partial charge in [-0.05, 0) is 23.8 Å². The number of benzene rings is 1. The zero-order chi connectivity index (χ0) is 14.0. The molecule has 1 aromatic carbocycles. The van der Waals surface area contributed by atoms with Crippen LogP contribution in [0.5, 0.6) is 0 Å². The predicted molar refractivity (Wildman–Crippen MR) is 77.3 cm³/mol. The van der Waals surface area contributed by atoms with Crippen LogP contribution in [0, 0.1) is 0 Å². The van der Waals surface area contributed by atoms with Crippen molar-refractivity contribution in [2.24, 2.45) is 0 Å². The summed E-state index contributed by atoms with van der Waals surface area (Å²) in [5, 5.41) is 3.33. The molecule has 20 heavy (non-hydrogen) atoms. The molecule has 0 saturated carbocycles. The Balaban J connectivity index is 1.83. The number of rotatable bonds is 8. The van der Waals surface area contributed by atoms with Crippen molar-refractivity contribution in [1.82, 2.24) is 9.97 Å². The van der Waals surface area contributed by atoms with Crippen molar-refractivity contribution in [3.05, 3.63) is 54.1 Å². The molecule has 0 aliphatic heterocycles. The molecule has 0 fully saturated rings. The lowest BCUT2D eigenvalue weighted by molar-refractivity contribution is 0.0617. The number of nitrogens with one attached hydrogen (secondary N) is 1. The molecule has 2 rings (SSSR count). The summed E-state index contributed by atoms with van der Waals surface area (Å²) in [7, 11) is 1.67. The third-order valence-electron chi connectivity index (χ3n) is 2.74. The zero-order valence-corrected chi connectivity index (χ0v) is 11.6. The van der Waals surface area contributed by atoms with Crippen LogP contribution in [-0.2, 0) is 22.6 Å². The van der Waals surface area contributed by atoms with Crippen LogP contribution in [0.4, 0.5) is 5.69 Å². The number of hydrogen-bond acceptors (Lipinski definition) is 5. The fourth-order valence-electron chi connectivity index (χ4n) is 1.72. The van der Waals surface area contributed by atoms with Crippen LogP contribution in [0.25, 0.3) is 0 Å². The van der Waals surface area contributed by atoms with E-state index in [0.717, 1.165) is 16.9 Å². The van der Waals surface area contributed by atoms with Gasteiger partial charge in [0.25, 0.3) is 0 Å². The van der Waals surface area contributed by atoms with Crippen molar-refractivity contribution >= 4 is 5.69 Å². The van der Waals surface area contributed by atoms with Crippen molar-refractivity contribution in [3.63, 3.8) is 0 Å². The summed E-state index contributed by atoms with van der Waals surface area (Å²) in [6.07, 6.45) is 3.29. The van der Waals surface area contributed by atoms with Crippen molar-refractivity contribution in [2.45, 2.75) is 13.2 Å². The molecular weight excluding hydrogens is 254 g/mol. The van der Waals surface area contributed by atoms with Gasteiger partial charge in [-0.15, -0.1) is 0 Å². The van der Waals surface area contributed by atoms with Gasteiger partial charge in [-0.25, -0.2) is 9.97 Å². The Morgan fingerprint density at radius 3 is 2.95 bits per heavy atom. The number of anilines is 1. The number of aromatic nitrogens is 2. The Bertz CT molecular complexity index is 505. The molecule has 2 aromatic rings. The molecule has 0 atom stereocenters. The highest BCUT2D eigenvalue weighted by Gasteiger charge is 1.98. The van der Waals surface area contributed by atoms with E-state index in [2.05, 4.69) is 21.4 Å². The van der Waals surface area contributed by atoms with E-state index < -0.39 is 0 Å². The molecule has 0 aliphatic carbocycles. The van der Waals surface area contributed by atoms with Gasteiger partial charge in [-0.3, -0.25) is 0 Å². The molecule has 0 saturated heterocycles. The second kappa shape index (κ2) is 8.24. The summed E-state index contributed by atoms with van der Waals surface area (Å²) in [5.41, 5.74) is 3.15. The minimum Gasteiger partial charge on any atom is -0.382 e. The minimum atomic E-state index is 0.590. The standard InChI is InChI=1S/C15H19N3O2/c1-19-7-8-20-11-13-3-2-4-14(9-13)17-10-15-5-6-16-12-18-15/h2-6,9,12,17H,7-8,10-11H2,1H3. The van der Waals surface area contributed by atoms with Gasteiger partial charge >= 0.3 is 0 Å². The second-order valence-corrected chi connectivity index (χ2v) is 4.30. The Labute approximate surface area is 119 Å². The highest BCUT2D eigenvalue weighted by molar-refractivity contribution is 5.45. The average molecular weight is 273 g/mol. The number of ether oxygens (including phenoxy) is 2. The Kier molecular flexibility index (Phi) is 5.95. The second-order valence-electron chi connectivity index (χ2n) is 4.30. The fraction of sp³-hybridized carbons (Fsp3) is 0.333. The first-order chi connectivity index (χ1) is 9.88. The maximum atomic E-state index is 5.50. The van der Waals surface area contributed by atoms with E-state index in [1.807, 2.05) is 24.3 Å². The summed E-state index contributed by atoms with van der Waals surface area (Å²) >= 11 is 0.